The van der Waals surface area contributed by atoms with E-state index in [1.165, 1.54) is 22.3 Å². The topological polar surface area (TPSA) is 20.2 Å². The van der Waals surface area contributed by atoms with E-state index in [9.17, 15) is 5.11 Å². The molecule has 2 rings (SSSR count). The van der Waals surface area contributed by atoms with E-state index in [2.05, 4.69) is 32.9 Å². The van der Waals surface area contributed by atoms with Crippen LogP contribution in [0.3, 0.4) is 0 Å². The Morgan fingerprint density at radius 2 is 1.60 bits per heavy atom. The van der Waals surface area contributed by atoms with Crippen molar-refractivity contribution >= 4 is 23.2 Å². The maximum atomic E-state index is 10.5. The molecule has 0 spiro atoms. The van der Waals surface area contributed by atoms with Gasteiger partial charge in [0.05, 0.1) is 6.10 Å². The summed E-state index contributed by atoms with van der Waals surface area (Å²) in [7, 11) is 0. The van der Waals surface area contributed by atoms with Crippen LogP contribution in [0.1, 0.15) is 33.9 Å². The Balaban J connectivity index is 2.32. The summed E-state index contributed by atoms with van der Waals surface area (Å²) in [5.41, 5.74) is 5.47. The predicted octanol–water partition coefficient (Wildman–Crippen LogP) is 5.19. The zero-order chi connectivity index (χ0) is 14.9. The zero-order valence-electron chi connectivity index (χ0n) is 11.9. The van der Waals surface area contributed by atoms with Gasteiger partial charge in [-0.2, -0.15) is 0 Å². The van der Waals surface area contributed by atoms with Gasteiger partial charge in [0.2, 0.25) is 0 Å². The third kappa shape index (κ3) is 3.35. The Morgan fingerprint density at radius 1 is 1.00 bits per heavy atom. The molecule has 0 saturated carbocycles. The van der Waals surface area contributed by atoms with Gasteiger partial charge in [-0.25, -0.2) is 0 Å². The van der Waals surface area contributed by atoms with Gasteiger partial charge in [-0.05, 0) is 55.7 Å². The van der Waals surface area contributed by atoms with Crippen LogP contribution in [0.2, 0.25) is 10.0 Å². The second-order valence-electron chi connectivity index (χ2n) is 5.26. The summed E-state index contributed by atoms with van der Waals surface area (Å²) in [5, 5.41) is 11.6. The minimum atomic E-state index is -0.652. The van der Waals surface area contributed by atoms with E-state index in [1.54, 1.807) is 18.2 Å². The van der Waals surface area contributed by atoms with Crippen LogP contribution in [-0.2, 0) is 6.42 Å². The number of aryl methyl sites for hydroxylation is 3. The van der Waals surface area contributed by atoms with Crippen molar-refractivity contribution in [2.75, 3.05) is 0 Å². The minimum Gasteiger partial charge on any atom is -0.388 e. The highest BCUT2D eigenvalue weighted by molar-refractivity contribution is 6.33. The molecule has 0 amide bonds. The molecule has 0 aromatic heterocycles. The summed E-state index contributed by atoms with van der Waals surface area (Å²) in [6.45, 7) is 6.22. The van der Waals surface area contributed by atoms with E-state index in [0.29, 0.717) is 22.0 Å². The number of halogens is 2. The van der Waals surface area contributed by atoms with Gasteiger partial charge in [-0.3, -0.25) is 0 Å². The second-order valence-corrected chi connectivity index (χ2v) is 6.11. The van der Waals surface area contributed by atoms with Gasteiger partial charge in [-0.1, -0.05) is 40.9 Å². The molecule has 0 aliphatic rings. The highest BCUT2D eigenvalue weighted by Gasteiger charge is 2.15. The Morgan fingerprint density at radius 3 is 2.20 bits per heavy atom. The molecule has 0 fully saturated rings. The second kappa shape index (κ2) is 6.17. The molecular weight excluding hydrogens is 291 g/mol. The first-order valence-corrected chi connectivity index (χ1v) is 7.34. The third-order valence-electron chi connectivity index (χ3n) is 3.55. The van der Waals surface area contributed by atoms with Crippen molar-refractivity contribution in [1.29, 1.82) is 0 Å². The van der Waals surface area contributed by atoms with Crippen LogP contribution < -0.4 is 0 Å². The third-order valence-corrected chi connectivity index (χ3v) is 4.13. The van der Waals surface area contributed by atoms with E-state index in [4.69, 9.17) is 23.2 Å². The van der Waals surface area contributed by atoms with E-state index in [1.807, 2.05) is 0 Å². The summed E-state index contributed by atoms with van der Waals surface area (Å²) in [4.78, 5) is 0. The maximum absolute atomic E-state index is 10.5. The molecule has 1 unspecified atom stereocenters. The highest BCUT2D eigenvalue weighted by Crippen LogP contribution is 2.30. The Labute approximate surface area is 130 Å². The number of hydrogen-bond acceptors (Lipinski definition) is 1. The number of aliphatic hydroxyl groups excluding tert-OH is 1. The average Bonchev–Trinajstić information content (AvgIpc) is 2.36. The smallest absolute Gasteiger partial charge is 0.0845 e. The van der Waals surface area contributed by atoms with Gasteiger partial charge in [0.25, 0.3) is 0 Å². The summed E-state index contributed by atoms with van der Waals surface area (Å²) >= 11 is 12.1. The van der Waals surface area contributed by atoms with Gasteiger partial charge in [0, 0.05) is 22.0 Å². The molecule has 2 aromatic rings. The molecule has 20 heavy (non-hydrogen) atoms. The number of aliphatic hydroxyl groups is 1. The molecule has 0 saturated heterocycles. The molecule has 0 aliphatic carbocycles. The first kappa shape index (κ1) is 15.4. The molecule has 106 valence electrons. The molecule has 1 nitrogen and oxygen atoms in total. The van der Waals surface area contributed by atoms with Gasteiger partial charge in [0.1, 0.15) is 0 Å². The molecule has 0 heterocycles. The molecule has 2 aromatic carbocycles. The van der Waals surface area contributed by atoms with Crippen LogP contribution in [0.25, 0.3) is 0 Å². The molecule has 3 heteroatoms. The Bertz CT molecular complexity index is 612. The van der Waals surface area contributed by atoms with E-state index >= 15 is 0 Å². The zero-order valence-corrected chi connectivity index (χ0v) is 13.4. The SMILES string of the molecule is Cc1cc(C)c(CC(O)c2cc(Cl)ccc2Cl)c(C)c1. The lowest BCUT2D eigenvalue weighted by Crippen LogP contribution is -2.06. The lowest BCUT2D eigenvalue weighted by molar-refractivity contribution is 0.178. The van der Waals surface area contributed by atoms with Crippen molar-refractivity contribution in [2.45, 2.75) is 33.3 Å². The van der Waals surface area contributed by atoms with Gasteiger partial charge in [0.15, 0.2) is 0 Å². The molecule has 1 atom stereocenters. The summed E-state index contributed by atoms with van der Waals surface area (Å²) in [6.07, 6.45) is -0.112. The normalized spacial score (nSPS) is 12.5. The van der Waals surface area contributed by atoms with Crippen molar-refractivity contribution in [2.24, 2.45) is 0 Å². The van der Waals surface area contributed by atoms with Gasteiger partial charge < -0.3 is 5.11 Å². The first-order chi connectivity index (χ1) is 9.38. The van der Waals surface area contributed by atoms with E-state index < -0.39 is 6.10 Å². The Kier molecular flexibility index (Phi) is 4.74. The molecule has 0 radical (unpaired) electrons. The fourth-order valence-corrected chi connectivity index (χ4v) is 3.03. The lowest BCUT2D eigenvalue weighted by Gasteiger charge is -2.17. The van der Waals surface area contributed by atoms with Crippen molar-refractivity contribution in [1.82, 2.24) is 0 Å². The van der Waals surface area contributed by atoms with Crippen LogP contribution >= 0.6 is 23.2 Å². The highest BCUT2D eigenvalue weighted by atomic mass is 35.5. The van der Waals surface area contributed by atoms with Crippen molar-refractivity contribution in [3.05, 3.63) is 68.2 Å². The Hall–Kier alpha value is -1.02. The average molecular weight is 309 g/mol. The van der Waals surface area contributed by atoms with Crippen LogP contribution in [0.4, 0.5) is 0 Å². The molecule has 0 aliphatic heterocycles. The maximum Gasteiger partial charge on any atom is 0.0845 e. The predicted molar refractivity (Wildman–Crippen MR) is 85.8 cm³/mol. The van der Waals surface area contributed by atoms with Crippen LogP contribution in [0, 0.1) is 20.8 Å². The fraction of sp³-hybridized carbons (Fsp3) is 0.294. The van der Waals surface area contributed by atoms with Gasteiger partial charge >= 0.3 is 0 Å². The van der Waals surface area contributed by atoms with Crippen molar-refractivity contribution in [3.8, 4) is 0 Å². The molecule has 1 N–H and O–H groups in total. The monoisotopic (exact) mass is 308 g/mol. The van der Waals surface area contributed by atoms with Crippen molar-refractivity contribution in [3.63, 3.8) is 0 Å². The summed E-state index contributed by atoms with van der Waals surface area (Å²) < 4.78 is 0. The largest absolute Gasteiger partial charge is 0.388 e. The number of hydrogen-bond donors (Lipinski definition) is 1. The van der Waals surface area contributed by atoms with Gasteiger partial charge in [-0.15, -0.1) is 0 Å². The lowest BCUT2D eigenvalue weighted by atomic mass is 9.93. The summed E-state index contributed by atoms with van der Waals surface area (Å²) in [6, 6.07) is 9.44. The molecule has 0 bridgehead atoms. The standard InChI is InChI=1S/C17H18Cl2O/c1-10-6-11(2)14(12(3)7-10)9-17(20)15-8-13(18)4-5-16(15)19/h4-8,17,20H,9H2,1-3H3. The van der Waals surface area contributed by atoms with Crippen LogP contribution in [0.15, 0.2) is 30.3 Å². The number of benzene rings is 2. The van der Waals surface area contributed by atoms with E-state index in [0.717, 1.165) is 0 Å². The van der Waals surface area contributed by atoms with Crippen molar-refractivity contribution < 1.29 is 5.11 Å². The van der Waals surface area contributed by atoms with Crippen LogP contribution in [0.5, 0.6) is 0 Å². The molecular formula is C17H18Cl2O. The minimum absolute atomic E-state index is 0.540. The summed E-state index contributed by atoms with van der Waals surface area (Å²) in [5.74, 6) is 0. The quantitative estimate of drug-likeness (QED) is 0.826. The van der Waals surface area contributed by atoms with Crippen LogP contribution in [-0.4, -0.2) is 5.11 Å². The number of rotatable bonds is 3. The van der Waals surface area contributed by atoms with E-state index in [-0.39, 0.29) is 0 Å². The fourth-order valence-electron chi connectivity index (χ4n) is 2.61. The first-order valence-electron chi connectivity index (χ1n) is 6.58.